The van der Waals surface area contributed by atoms with Crippen LogP contribution in [0, 0.1) is 0 Å². The molecule has 0 fully saturated rings. The molecule has 0 aliphatic carbocycles. The van der Waals surface area contributed by atoms with Crippen molar-refractivity contribution in [3.63, 3.8) is 0 Å². The van der Waals surface area contributed by atoms with E-state index in [4.69, 9.17) is 9.84 Å². The molecule has 1 aromatic carbocycles. The predicted octanol–water partition coefficient (Wildman–Crippen LogP) is 1.77. The maximum Gasteiger partial charge on any atom is 0.387 e. The molecule has 0 amide bonds. The SMILES string of the molecule is COc1cccc(CN[C@H](C)CO)c1OC(F)F. The van der Waals surface area contributed by atoms with Gasteiger partial charge in [-0.05, 0) is 13.0 Å². The molecule has 2 N–H and O–H groups in total. The van der Waals surface area contributed by atoms with Crippen LogP contribution in [-0.2, 0) is 6.54 Å². The van der Waals surface area contributed by atoms with E-state index in [1.54, 1.807) is 25.1 Å². The topological polar surface area (TPSA) is 50.7 Å². The fourth-order valence-electron chi connectivity index (χ4n) is 1.43. The Kier molecular flexibility index (Phi) is 5.80. The van der Waals surface area contributed by atoms with Crippen molar-refractivity contribution in [3.05, 3.63) is 23.8 Å². The number of aliphatic hydroxyl groups is 1. The lowest BCUT2D eigenvalue weighted by atomic mass is 10.1. The van der Waals surface area contributed by atoms with E-state index in [1.807, 2.05) is 0 Å². The van der Waals surface area contributed by atoms with Crippen LogP contribution in [0.15, 0.2) is 18.2 Å². The van der Waals surface area contributed by atoms with Gasteiger partial charge in [0.05, 0.1) is 13.7 Å². The maximum absolute atomic E-state index is 12.3. The van der Waals surface area contributed by atoms with E-state index in [0.717, 1.165) is 0 Å². The third kappa shape index (κ3) is 4.12. The molecule has 0 saturated heterocycles. The lowest BCUT2D eigenvalue weighted by Gasteiger charge is -2.16. The summed E-state index contributed by atoms with van der Waals surface area (Å²) in [5.74, 6) is 0.277. The average Bonchev–Trinajstić information content (AvgIpc) is 2.36. The van der Waals surface area contributed by atoms with Gasteiger partial charge in [0.2, 0.25) is 0 Å². The van der Waals surface area contributed by atoms with Gasteiger partial charge >= 0.3 is 6.61 Å². The van der Waals surface area contributed by atoms with Gasteiger partial charge in [-0.3, -0.25) is 0 Å². The monoisotopic (exact) mass is 261 g/mol. The minimum Gasteiger partial charge on any atom is -0.493 e. The molecule has 0 bridgehead atoms. The number of hydrogen-bond acceptors (Lipinski definition) is 4. The van der Waals surface area contributed by atoms with E-state index in [-0.39, 0.29) is 24.1 Å². The minimum absolute atomic E-state index is 0.0210. The molecule has 0 aromatic heterocycles. The summed E-state index contributed by atoms with van der Waals surface area (Å²) >= 11 is 0. The largest absolute Gasteiger partial charge is 0.493 e. The van der Waals surface area contributed by atoms with Gasteiger partial charge in [0.15, 0.2) is 11.5 Å². The Hall–Kier alpha value is -1.40. The minimum atomic E-state index is -2.91. The van der Waals surface area contributed by atoms with Crippen LogP contribution in [-0.4, -0.2) is 31.5 Å². The summed E-state index contributed by atoms with van der Waals surface area (Å²) in [6, 6.07) is 4.78. The highest BCUT2D eigenvalue weighted by Gasteiger charge is 2.15. The molecule has 1 rings (SSSR count). The van der Waals surface area contributed by atoms with Gasteiger partial charge in [0.25, 0.3) is 0 Å². The molecule has 1 aromatic rings. The summed E-state index contributed by atoms with van der Waals surface area (Å²) in [6.07, 6.45) is 0. The van der Waals surface area contributed by atoms with E-state index in [2.05, 4.69) is 10.1 Å². The van der Waals surface area contributed by atoms with Crippen molar-refractivity contribution in [1.29, 1.82) is 0 Å². The van der Waals surface area contributed by atoms with Gasteiger partial charge in [0.1, 0.15) is 0 Å². The van der Waals surface area contributed by atoms with Crippen LogP contribution in [0.1, 0.15) is 12.5 Å². The van der Waals surface area contributed by atoms with Crippen LogP contribution in [0.2, 0.25) is 0 Å². The van der Waals surface area contributed by atoms with E-state index >= 15 is 0 Å². The Labute approximate surface area is 105 Å². The Morgan fingerprint density at radius 1 is 1.39 bits per heavy atom. The molecule has 0 radical (unpaired) electrons. The number of ether oxygens (including phenoxy) is 2. The number of rotatable bonds is 7. The molecular formula is C12H17F2NO3. The zero-order valence-corrected chi connectivity index (χ0v) is 10.3. The second-order valence-electron chi connectivity index (χ2n) is 3.79. The third-order valence-electron chi connectivity index (χ3n) is 2.40. The highest BCUT2D eigenvalue weighted by molar-refractivity contribution is 5.46. The van der Waals surface area contributed by atoms with Crippen molar-refractivity contribution in [2.75, 3.05) is 13.7 Å². The maximum atomic E-state index is 12.3. The number of nitrogens with one attached hydrogen (secondary N) is 1. The number of alkyl halides is 2. The van der Waals surface area contributed by atoms with Gasteiger partial charge in [0, 0.05) is 18.2 Å². The molecule has 0 unspecified atom stereocenters. The number of benzene rings is 1. The van der Waals surface area contributed by atoms with Crippen LogP contribution >= 0.6 is 0 Å². The molecule has 4 nitrogen and oxygen atoms in total. The van der Waals surface area contributed by atoms with Gasteiger partial charge in [-0.15, -0.1) is 0 Å². The average molecular weight is 261 g/mol. The van der Waals surface area contributed by atoms with Crippen molar-refractivity contribution in [2.45, 2.75) is 26.1 Å². The molecule has 18 heavy (non-hydrogen) atoms. The third-order valence-corrected chi connectivity index (χ3v) is 2.40. The zero-order valence-electron chi connectivity index (χ0n) is 10.3. The molecule has 0 heterocycles. The quantitative estimate of drug-likeness (QED) is 0.785. The number of methoxy groups -OCH3 is 1. The molecule has 6 heteroatoms. The summed E-state index contributed by atoms with van der Waals surface area (Å²) in [5, 5.41) is 11.9. The van der Waals surface area contributed by atoms with Crippen LogP contribution < -0.4 is 14.8 Å². The fourth-order valence-corrected chi connectivity index (χ4v) is 1.43. The van der Waals surface area contributed by atoms with Crippen molar-refractivity contribution < 1.29 is 23.4 Å². The summed E-state index contributed by atoms with van der Waals surface area (Å²) in [4.78, 5) is 0. The number of hydrogen-bond donors (Lipinski definition) is 2. The summed E-state index contributed by atoms with van der Waals surface area (Å²) in [5.41, 5.74) is 0.551. The fraction of sp³-hybridized carbons (Fsp3) is 0.500. The first-order valence-electron chi connectivity index (χ1n) is 5.53. The first-order chi connectivity index (χ1) is 8.58. The molecule has 102 valence electrons. The number of halogens is 2. The van der Waals surface area contributed by atoms with Crippen molar-refractivity contribution in [2.24, 2.45) is 0 Å². The van der Waals surface area contributed by atoms with E-state index in [9.17, 15) is 8.78 Å². The van der Waals surface area contributed by atoms with E-state index in [0.29, 0.717) is 12.1 Å². The predicted molar refractivity (Wildman–Crippen MR) is 63.0 cm³/mol. The molecule has 0 aliphatic heterocycles. The van der Waals surface area contributed by atoms with Crippen molar-refractivity contribution >= 4 is 0 Å². The summed E-state index contributed by atoms with van der Waals surface area (Å²) in [7, 11) is 1.39. The Morgan fingerprint density at radius 2 is 2.11 bits per heavy atom. The van der Waals surface area contributed by atoms with Crippen LogP contribution in [0.25, 0.3) is 0 Å². The first-order valence-corrected chi connectivity index (χ1v) is 5.53. The Balaban J connectivity index is 2.87. The van der Waals surface area contributed by atoms with E-state index < -0.39 is 6.61 Å². The highest BCUT2D eigenvalue weighted by atomic mass is 19.3. The van der Waals surface area contributed by atoms with Crippen LogP contribution in [0.3, 0.4) is 0 Å². The molecule has 1 atom stereocenters. The van der Waals surface area contributed by atoms with Crippen molar-refractivity contribution in [3.8, 4) is 11.5 Å². The molecule has 0 spiro atoms. The Morgan fingerprint density at radius 3 is 2.67 bits per heavy atom. The number of aliphatic hydroxyl groups excluding tert-OH is 1. The molecular weight excluding hydrogens is 244 g/mol. The summed E-state index contributed by atoms with van der Waals surface area (Å²) in [6.45, 7) is -0.848. The standard InChI is InChI=1S/C12H17F2NO3/c1-8(7-16)15-6-9-4-3-5-10(17-2)11(9)18-12(13)14/h3-5,8,12,15-16H,6-7H2,1-2H3/t8-/m1/s1. The van der Waals surface area contributed by atoms with Crippen LogP contribution in [0.5, 0.6) is 11.5 Å². The highest BCUT2D eigenvalue weighted by Crippen LogP contribution is 2.32. The second kappa shape index (κ2) is 7.13. The first kappa shape index (κ1) is 14.7. The zero-order chi connectivity index (χ0) is 13.5. The molecule has 0 saturated carbocycles. The molecule has 0 aliphatic rings. The van der Waals surface area contributed by atoms with Gasteiger partial charge in [-0.2, -0.15) is 8.78 Å². The normalized spacial score (nSPS) is 12.6. The van der Waals surface area contributed by atoms with E-state index in [1.165, 1.54) is 7.11 Å². The van der Waals surface area contributed by atoms with Gasteiger partial charge in [-0.1, -0.05) is 12.1 Å². The van der Waals surface area contributed by atoms with Crippen molar-refractivity contribution in [1.82, 2.24) is 5.32 Å². The lowest BCUT2D eigenvalue weighted by molar-refractivity contribution is -0.0519. The lowest BCUT2D eigenvalue weighted by Crippen LogP contribution is -2.28. The smallest absolute Gasteiger partial charge is 0.387 e. The number of para-hydroxylation sites is 1. The van der Waals surface area contributed by atoms with Crippen LogP contribution in [0.4, 0.5) is 8.78 Å². The van der Waals surface area contributed by atoms with Gasteiger partial charge < -0.3 is 19.9 Å². The van der Waals surface area contributed by atoms with Gasteiger partial charge in [-0.25, -0.2) is 0 Å². The summed E-state index contributed by atoms with van der Waals surface area (Å²) < 4.78 is 34.1. The second-order valence-corrected chi connectivity index (χ2v) is 3.79. The Bertz CT molecular complexity index is 374.